The number of hydrogen-bond donors (Lipinski definition) is 2. The van der Waals surface area contributed by atoms with Gasteiger partial charge in [0.15, 0.2) is 5.92 Å². The fourth-order valence-electron chi connectivity index (χ4n) is 5.40. The van der Waals surface area contributed by atoms with Crippen molar-refractivity contribution in [3.63, 3.8) is 0 Å². The Hall–Kier alpha value is -4.03. The second-order valence-electron chi connectivity index (χ2n) is 9.87. The Morgan fingerprint density at radius 3 is 2.58 bits per heavy atom. The number of rotatable bonds is 6. The number of anilines is 1. The molecule has 2 aromatic heterocycles. The van der Waals surface area contributed by atoms with Gasteiger partial charge in [-0.25, -0.2) is 15.4 Å². The zero-order valence-corrected chi connectivity index (χ0v) is 21.5. The fourth-order valence-corrected chi connectivity index (χ4v) is 5.40. The van der Waals surface area contributed by atoms with Crippen molar-refractivity contribution < 1.29 is 27.5 Å². The Labute approximate surface area is 228 Å². The second kappa shape index (κ2) is 11.6. The van der Waals surface area contributed by atoms with Gasteiger partial charge in [-0.1, -0.05) is 0 Å². The number of likely N-dealkylation sites (tertiary alicyclic amines) is 1. The molecule has 12 nitrogen and oxygen atoms in total. The van der Waals surface area contributed by atoms with Gasteiger partial charge >= 0.3 is 6.18 Å². The van der Waals surface area contributed by atoms with Gasteiger partial charge in [0, 0.05) is 51.0 Å². The molecule has 2 unspecified atom stereocenters. The average molecular weight is 560 g/mol. The lowest BCUT2D eigenvalue weighted by molar-refractivity contribution is -0.201. The normalized spacial score (nSPS) is 23.9. The quantitative estimate of drug-likeness (QED) is 0.521. The number of carbonyl (C=O) groups is 2. The first-order valence-corrected chi connectivity index (χ1v) is 12.9. The molecular weight excluding hydrogens is 531 g/mol. The van der Waals surface area contributed by atoms with Crippen molar-refractivity contribution in [1.82, 2.24) is 35.6 Å². The monoisotopic (exact) mass is 559 g/mol. The van der Waals surface area contributed by atoms with Gasteiger partial charge in [0.25, 0.3) is 5.91 Å². The van der Waals surface area contributed by atoms with E-state index in [1.54, 1.807) is 15.9 Å². The summed E-state index contributed by atoms with van der Waals surface area (Å²) in [5.41, 5.74) is 5.38. The molecule has 3 aliphatic heterocycles. The molecule has 0 aromatic carbocycles. The maximum atomic E-state index is 13.7. The minimum Gasteiger partial charge on any atom is -0.490 e. The Morgan fingerprint density at radius 1 is 1.12 bits per heavy atom. The number of hydrogen-bond acceptors (Lipinski definition) is 10. The van der Waals surface area contributed by atoms with Crippen molar-refractivity contribution in [2.45, 2.75) is 31.1 Å². The Bertz CT molecular complexity index is 1260. The van der Waals surface area contributed by atoms with Crippen LogP contribution in [0.4, 0.5) is 19.1 Å². The summed E-state index contributed by atoms with van der Waals surface area (Å²) in [6.45, 7) is 2.42. The minimum absolute atomic E-state index is 0.0253. The van der Waals surface area contributed by atoms with Gasteiger partial charge in [0.1, 0.15) is 18.4 Å². The molecule has 3 fully saturated rings. The fraction of sp³-hybridized carbons (Fsp3) is 0.520. The van der Waals surface area contributed by atoms with Gasteiger partial charge in [-0.3, -0.25) is 24.9 Å². The number of nitrogens with one attached hydrogen (secondary N) is 2. The predicted octanol–water partition coefficient (Wildman–Crippen LogP) is 0.730. The molecule has 0 aliphatic carbocycles. The van der Waals surface area contributed by atoms with E-state index in [2.05, 4.69) is 25.8 Å². The second-order valence-corrected chi connectivity index (χ2v) is 9.87. The molecule has 2 amide bonds. The summed E-state index contributed by atoms with van der Waals surface area (Å²) in [7, 11) is 0. The van der Waals surface area contributed by atoms with Gasteiger partial charge < -0.3 is 14.5 Å². The summed E-state index contributed by atoms with van der Waals surface area (Å²) in [6, 6.07) is 2.20. The van der Waals surface area contributed by atoms with Crippen molar-refractivity contribution in [2.24, 2.45) is 5.92 Å². The van der Waals surface area contributed by atoms with E-state index in [1.165, 1.54) is 24.8 Å². The molecule has 40 heavy (non-hydrogen) atoms. The van der Waals surface area contributed by atoms with E-state index in [-0.39, 0.29) is 25.1 Å². The lowest BCUT2D eigenvalue weighted by Gasteiger charge is -2.40. The molecule has 5 rings (SSSR count). The Morgan fingerprint density at radius 2 is 1.88 bits per heavy atom. The third-order valence-corrected chi connectivity index (χ3v) is 7.41. The number of hydrazine groups is 1. The van der Waals surface area contributed by atoms with Gasteiger partial charge in [0.2, 0.25) is 11.9 Å². The molecule has 0 bridgehead atoms. The molecule has 5 heterocycles. The highest BCUT2D eigenvalue weighted by molar-refractivity contribution is 5.94. The molecule has 15 heteroatoms. The number of nitrogens with zero attached hydrogens (tertiary/aromatic N) is 7. The summed E-state index contributed by atoms with van der Waals surface area (Å²) in [5.74, 6) is -2.59. The Balaban J connectivity index is 1.18. The highest BCUT2D eigenvalue weighted by Gasteiger charge is 2.54. The predicted molar refractivity (Wildman–Crippen MR) is 134 cm³/mol. The highest BCUT2D eigenvalue weighted by Crippen LogP contribution is 2.35. The summed E-state index contributed by atoms with van der Waals surface area (Å²) < 4.78 is 46.9. The number of piperazine rings is 1. The average Bonchev–Trinajstić information content (AvgIpc) is 3.44. The Kier molecular flexibility index (Phi) is 7.99. The number of nitriles is 1. The minimum atomic E-state index is -4.66. The maximum absolute atomic E-state index is 13.7. The SMILES string of the molecule is N#Cc1cnc(N2CCN(C(=O)c3cncc(OC[C@@H]4CCCN4C4CNNC(=O)C4C(F)(F)F)c3)CC2)nc1. The first-order valence-electron chi connectivity index (χ1n) is 12.9. The van der Waals surface area contributed by atoms with Gasteiger partial charge in [-0.15, -0.1) is 0 Å². The maximum Gasteiger partial charge on any atom is 0.402 e. The number of aromatic nitrogens is 3. The summed E-state index contributed by atoms with van der Waals surface area (Å²) >= 11 is 0. The molecule has 0 spiro atoms. The standard InChI is InChI=1S/C25H28F3N9O3/c26-25(27,28)21-20(14-33-34-22(21)38)37-3-1-2-18(37)15-40-19-8-17(12-30-13-19)23(39)35-4-6-36(7-5-35)24-31-10-16(9-29)11-32-24/h8,10-13,18,20-21,33H,1-7,14-15H2,(H,34,38)/t18-,20?,21?/m0/s1. The van der Waals surface area contributed by atoms with Crippen molar-refractivity contribution in [2.75, 3.05) is 50.8 Å². The molecule has 2 aromatic rings. The number of halogens is 3. The first-order chi connectivity index (χ1) is 19.2. The number of pyridine rings is 1. The third kappa shape index (κ3) is 5.92. The summed E-state index contributed by atoms with van der Waals surface area (Å²) in [5, 5.41) is 8.90. The molecule has 0 saturated carbocycles. The lowest BCUT2D eigenvalue weighted by Crippen LogP contribution is -2.65. The van der Waals surface area contributed by atoms with Crippen LogP contribution in [0.15, 0.2) is 30.9 Å². The van der Waals surface area contributed by atoms with Crippen LogP contribution in [0, 0.1) is 17.2 Å². The molecule has 0 radical (unpaired) electrons. The lowest BCUT2D eigenvalue weighted by atomic mass is 9.94. The molecule has 2 N–H and O–H groups in total. The number of carbonyl (C=O) groups excluding carboxylic acids is 2. The summed E-state index contributed by atoms with van der Waals surface area (Å²) in [6.07, 6.45) is 2.48. The third-order valence-electron chi connectivity index (χ3n) is 7.41. The molecule has 212 valence electrons. The zero-order chi connectivity index (χ0) is 28.3. The highest BCUT2D eigenvalue weighted by atomic mass is 19.4. The molecular formula is C25H28F3N9O3. The van der Waals surface area contributed by atoms with E-state index in [0.29, 0.717) is 68.4 Å². The number of amides is 2. The van der Waals surface area contributed by atoms with Crippen molar-refractivity contribution in [3.05, 3.63) is 42.0 Å². The molecule has 3 atom stereocenters. The van der Waals surface area contributed by atoms with E-state index in [1.807, 2.05) is 11.0 Å². The van der Waals surface area contributed by atoms with Gasteiger partial charge in [-0.05, 0) is 25.5 Å². The van der Waals surface area contributed by atoms with Gasteiger partial charge in [-0.2, -0.15) is 18.4 Å². The van der Waals surface area contributed by atoms with E-state index in [0.717, 1.165) is 0 Å². The van der Waals surface area contributed by atoms with Crippen LogP contribution in [0.1, 0.15) is 28.8 Å². The van der Waals surface area contributed by atoms with Crippen LogP contribution in [0.5, 0.6) is 5.75 Å². The van der Waals surface area contributed by atoms with Crippen LogP contribution in [0.2, 0.25) is 0 Å². The van der Waals surface area contributed by atoms with Crippen LogP contribution in [0.3, 0.4) is 0 Å². The number of ether oxygens (including phenoxy) is 1. The van der Waals surface area contributed by atoms with E-state index >= 15 is 0 Å². The van der Waals surface area contributed by atoms with Gasteiger partial charge in [0.05, 0.1) is 29.7 Å². The van der Waals surface area contributed by atoms with Crippen LogP contribution >= 0.6 is 0 Å². The smallest absolute Gasteiger partial charge is 0.402 e. The van der Waals surface area contributed by atoms with E-state index in [9.17, 15) is 22.8 Å². The van der Waals surface area contributed by atoms with Crippen LogP contribution in [-0.2, 0) is 4.79 Å². The first kappa shape index (κ1) is 27.5. The topological polar surface area (TPSA) is 140 Å². The number of alkyl halides is 3. The molecule has 3 aliphatic rings. The largest absolute Gasteiger partial charge is 0.490 e. The van der Waals surface area contributed by atoms with Crippen LogP contribution in [-0.4, -0.2) is 101 Å². The van der Waals surface area contributed by atoms with Crippen molar-refractivity contribution >= 4 is 17.8 Å². The van der Waals surface area contributed by atoms with E-state index in [4.69, 9.17) is 10.00 Å². The molecule has 3 saturated heterocycles. The van der Waals surface area contributed by atoms with Crippen LogP contribution < -0.4 is 20.5 Å². The zero-order valence-electron chi connectivity index (χ0n) is 21.5. The van der Waals surface area contributed by atoms with Crippen molar-refractivity contribution in [3.8, 4) is 11.8 Å². The van der Waals surface area contributed by atoms with Crippen LogP contribution in [0.25, 0.3) is 0 Å². The van der Waals surface area contributed by atoms with E-state index < -0.39 is 24.0 Å². The van der Waals surface area contributed by atoms with Crippen molar-refractivity contribution in [1.29, 1.82) is 5.26 Å². The summed E-state index contributed by atoms with van der Waals surface area (Å²) in [4.78, 5) is 43.0.